The quantitative estimate of drug-likeness (QED) is 0.468. The van der Waals surface area contributed by atoms with E-state index in [0.717, 1.165) is 0 Å². The van der Waals surface area contributed by atoms with Gasteiger partial charge in [0.1, 0.15) is 11.3 Å². The van der Waals surface area contributed by atoms with Gasteiger partial charge >= 0.3 is 5.63 Å². The van der Waals surface area contributed by atoms with Gasteiger partial charge in [-0.2, -0.15) is 0 Å². The molecule has 2 N–H and O–H groups in total. The number of carbonyl (C=O) groups is 1. The van der Waals surface area contributed by atoms with Gasteiger partial charge in [-0.1, -0.05) is 6.07 Å². The summed E-state index contributed by atoms with van der Waals surface area (Å²) in [6, 6.07) is 6.01. The number of halogens is 1. The first kappa shape index (κ1) is 15.6. The third-order valence-corrected chi connectivity index (χ3v) is 3.84. The number of benzene rings is 1. The Hall–Kier alpha value is -1.83. The molecule has 21 heavy (non-hydrogen) atoms. The van der Waals surface area contributed by atoms with Crippen molar-refractivity contribution in [3.63, 3.8) is 0 Å². The smallest absolute Gasteiger partial charge is 0.347 e. The van der Waals surface area contributed by atoms with Gasteiger partial charge in [-0.25, -0.2) is 4.79 Å². The first-order chi connectivity index (χ1) is 9.88. The summed E-state index contributed by atoms with van der Waals surface area (Å²) < 4.78 is 5.51. The van der Waals surface area contributed by atoms with Crippen molar-refractivity contribution in [2.45, 2.75) is 19.8 Å². The van der Waals surface area contributed by atoms with E-state index in [2.05, 4.69) is 0 Å². The summed E-state index contributed by atoms with van der Waals surface area (Å²) >= 11 is 1.94. The first-order valence-electron chi connectivity index (χ1n) is 6.23. The van der Waals surface area contributed by atoms with E-state index in [1.165, 1.54) is 12.1 Å². The first-order valence-corrected chi connectivity index (χ1v) is 7.30. The number of carbonyl (C=O) groups excluding carboxylic acids is 1. The fourth-order valence-corrected chi connectivity index (χ4v) is 2.89. The minimum Gasteiger partial charge on any atom is -0.504 e. The number of Topliss-reactive ketones (excluding diaryl/α,β-unsaturated/α-hetero) is 1. The van der Waals surface area contributed by atoms with Crippen molar-refractivity contribution in [3.05, 3.63) is 55.1 Å². The Morgan fingerprint density at radius 1 is 1.24 bits per heavy atom. The van der Waals surface area contributed by atoms with Crippen LogP contribution in [0.4, 0.5) is 0 Å². The second kappa shape index (κ2) is 6.30. The second-order valence-corrected chi connectivity index (χ2v) is 5.78. The molecule has 0 saturated heterocycles. The van der Waals surface area contributed by atoms with Gasteiger partial charge in [0.2, 0.25) is 0 Å². The minimum atomic E-state index is -0.627. The van der Waals surface area contributed by atoms with Gasteiger partial charge < -0.3 is 14.6 Å². The van der Waals surface area contributed by atoms with E-state index in [1.54, 1.807) is 19.1 Å². The monoisotopic (exact) mass is 400 g/mol. The van der Waals surface area contributed by atoms with Crippen LogP contribution in [0.25, 0.3) is 0 Å². The maximum absolute atomic E-state index is 12.1. The standard InChI is InChI=1S/C15H13IO5/c1-8-6-10(16)14(15(20)21-8)12(18)5-3-9-2-4-11(17)13(19)7-9/h2,4,6-7,17,19H,3,5H2,1H3. The molecule has 1 aromatic heterocycles. The van der Waals surface area contributed by atoms with Gasteiger partial charge in [0, 0.05) is 9.99 Å². The van der Waals surface area contributed by atoms with Crippen molar-refractivity contribution in [1.29, 1.82) is 0 Å². The van der Waals surface area contributed by atoms with E-state index in [1.807, 2.05) is 22.6 Å². The summed E-state index contributed by atoms with van der Waals surface area (Å²) in [7, 11) is 0. The Labute approximate surface area is 134 Å². The summed E-state index contributed by atoms with van der Waals surface area (Å²) in [4.78, 5) is 23.9. The number of phenolic OH excluding ortho intramolecular Hbond substituents is 2. The Balaban J connectivity index is 2.15. The highest BCUT2D eigenvalue weighted by molar-refractivity contribution is 14.1. The van der Waals surface area contributed by atoms with E-state index in [-0.39, 0.29) is 29.3 Å². The molecule has 5 nitrogen and oxygen atoms in total. The van der Waals surface area contributed by atoms with E-state index in [9.17, 15) is 19.8 Å². The highest BCUT2D eigenvalue weighted by atomic mass is 127. The number of rotatable bonds is 4. The molecule has 2 rings (SSSR count). The third-order valence-electron chi connectivity index (χ3n) is 2.99. The number of phenols is 2. The molecular weight excluding hydrogens is 387 g/mol. The van der Waals surface area contributed by atoms with Crippen molar-refractivity contribution in [3.8, 4) is 11.5 Å². The molecule has 0 amide bonds. The van der Waals surface area contributed by atoms with Crippen LogP contribution in [-0.4, -0.2) is 16.0 Å². The molecule has 0 saturated carbocycles. The molecule has 1 heterocycles. The maximum atomic E-state index is 12.1. The van der Waals surface area contributed by atoms with Gasteiger partial charge in [0.05, 0.1) is 0 Å². The van der Waals surface area contributed by atoms with Crippen molar-refractivity contribution in [2.75, 3.05) is 0 Å². The normalized spacial score (nSPS) is 10.6. The van der Waals surface area contributed by atoms with Gasteiger partial charge in [-0.15, -0.1) is 0 Å². The fraction of sp³-hybridized carbons (Fsp3) is 0.200. The van der Waals surface area contributed by atoms with Crippen LogP contribution >= 0.6 is 22.6 Å². The number of aryl methyl sites for hydroxylation is 2. The van der Waals surface area contributed by atoms with Crippen LogP contribution in [0.1, 0.15) is 28.1 Å². The molecule has 0 aliphatic carbocycles. The number of hydrogen-bond acceptors (Lipinski definition) is 5. The number of ketones is 1. The summed E-state index contributed by atoms with van der Waals surface area (Å²) in [5.74, 6) is -0.284. The second-order valence-electron chi connectivity index (χ2n) is 4.61. The lowest BCUT2D eigenvalue weighted by Gasteiger charge is -2.05. The van der Waals surface area contributed by atoms with Gasteiger partial charge in [0.15, 0.2) is 17.3 Å². The highest BCUT2D eigenvalue weighted by Crippen LogP contribution is 2.25. The average molecular weight is 400 g/mol. The Kier molecular flexibility index (Phi) is 4.66. The van der Waals surface area contributed by atoms with Crippen LogP contribution in [-0.2, 0) is 6.42 Å². The van der Waals surface area contributed by atoms with Gasteiger partial charge in [0.25, 0.3) is 0 Å². The largest absolute Gasteiger partial charge is 0.504 e. The molecule has 1 aromatic carbocycles. The molecule has 0 unspecified atom stereocenters. The van der Waals surface area contributed by atoms with E-state index in [4.69, 9.17) is 4.42 Å². The number of hydrogen-bond donors (Lipinski definition) is 2. The van der Waals surface area contributed by atoms with E-state index < -0.39 is 5.63 Å². The Morgan fingerprint density at radius 3 is 2.57 bits per heavy atom. The average Bonchev–Trinajstić information content (AvgIpc) is 2.39. The Morgan fingerprint density at radius 2 is 1.95 bits per heavy atom. The zero-order valence-electron chi connectivity index (χ0n) is 11.2. The van der Waals surface area contributed by atoms with E-state index in [0.29, 0.717) is 21.3 Å². The molecule has 0 aliphatic heterocycles. The highest BCUT2D eigenvalue weighted by Gasteiger charge is 2.17. The summed E-state index contributed by atoms with van der Waals surface area (Å²) in [6.45, 7) is 1.65. The van der Waals surface area contributed by atoms with Crippen LogP contribution in [0.2, 0.25) is 0 Å². The molecule has 2 aromatic rings. The van der Waals surface area contributed by atoms with Crippen molar-refractivity contribution in [1.82, 2.24) is 0 Å². The predicted octanol–water partition coefficient (Wildman–Crippen LogP) is 2.78. The number of aromatic hydroxyl groups is 2. The van der Waals surface area contributed by atoms with Crippen LogP contribution < -0.4 is 5.63 Å². The predicted molar refractivity (Wildman–Crippen MR) is 84.9 cm³/mol. The van der Waals surface area contributed by atoms with Crippen molar-refractivity contribution in [2.24, 2.45) is 0 Å². The third kappa shape index (κ3) is 3.63. The molecule has 0 atom stereocenters. The molecule has 6 heteroatoms. The molecule has 110 valence electrons. The summed E-state index contributed by atoms with van der Waals surface area (Å²) in [5, 5.41) is 18.6. The topological polar surface area (TPSA) is 87.7 Å². The van der Waals surface area contributed by atoms with Crippen LogP contribution in [0.5, 0.6) is 11.5 Å². The molecule has 0 bridgehead atoms. The lowest BCUT2D eigenvalue weighted by molar-refractivity contribution is 0.0977. The lowest BCUT2D eigenvalue weighted by atomic mass is 10.0. The molecule has 0 radical (unpaired) electrons. The lowest BCUT2D eigenvalue weighted by Crippen LogP contribution is -2.17. The van der Waals surface area contributed by atoms with Crippen LogP contribution in [0, 0.1) is 10.5 Å². The van der Waals surface area contributed by atoms with Gasteiger partial charge in [-0.05, 0) is 59.7 Å². The zero-order chi connectivity index (χ0) is 15.6. The molecule has 0 aliphatic rings. The molecular formula is C15H13IO5. The van der Waals surface area contributed by atoms with Crippen LogP contribution in [0.3, 0.4) is 0 Å². The van der Waals surface area contributed by atoms with Crippen molar-refractivity contribution >= 4 is 28.4 Å². The molecule has 0 fully saturated rings. The molecule has 0 spiro atoms. The Bertz CT molecular complexity index is 748. The minimum absolute atomic E-state index is 0.0594. The van der Waals surface area contributed by atoms with Crippen LogP contribution in [0.15, 0.2) is 33.5 Å². The van der Waals surface area contributed by atoms with Gasteiger partial charge in [-0.3, -0.25) is 4.79 Å². The SMILES string of the molecule is Cc1cc(I)c(C(=O)CCc2ccc(O)c(O)c2)c(=O)o1. The van der Waals surface area contributed by atoms with E-state index >= 15 is 0 Å². The van der Waals surface area contributed by atoms with Crippen molar-refractivity contribution < 1.29 is 19.4 Å². The fourth-order valence-electron chi connectivity index (χ4n) is 1.93. The maximum Gasteiger partial charge on any atom is 0.347 e. The summed E-state index contributed by atoms with van der Waals surface area (Å²) in [6.07, 6.45) is 0.476. The zero-order valence-corrected chi connectivity index (χ0v) is 13.4. The summed E-state index contributed by atoms with van der Waals surface area (Å²) in [5.41, 5.74) is 0.132.